The minimum absolute atomic E-state index is 0.180. The number of nitrogens with zero attached hydrogens (tertiary/aromatic N) is 1. The van der Waals surface area contributed by atoms with Crippen molar-refractivity contribution in [1.82, 2.24) is 5.32 Å². The van der Waals surface area contributed by atoms with E-state index in [4.69, 9.17) is 0 Å². The number of thioether (sulfide) groups is 1. The maximum absolute atomic E-state index is 12.2. The van der Waals surface area contributed by atoms with Gasteiger partial charge in [-0.05, 0) is 66.1 Å². The number of aliphatic imine (C=N–C) groups is 1. The molecule has 0 aliphatic carbocycles. The Balaban J connectivity index is 1.69. The first-order chi connectivity index (χ1) is 13.6. The molecular weight excluding hydrogens is 372 g/mol. The van der Waals surface area contributed by atoms with Crippen LogP contribution in [-0.4, -0.2) is 24.2 Å². The van der Waals surface area contributed by atoms with Crippen molar-refractivity contribution in [3.8, 4) is 0 Å². The van der Waals surface area contributed by atoms with Crippen molar-refractivity contribution in [1.29, 1.82) is 0 Å². The van der Waals surface area contributed by atoms with Crippen molar-refractivity contribution in [3.63, 3.8) is 0 Å². The summed E-state index contributed by atoms with van der Waals surface area (Å²) in [7, 11) is 1.34. The fraction of sp³-hybridized carbons (Fsp3) is 0.227. The van der Waals surface area contributed by atoms with E-state index in [0.717, 1.165) is 17.7 Å². The minimum atomic E-state index is -0.387. The molecule has 1 fully saturated rings. The van der Waals surface area contributed by atoms with Crippen LogP contribution in [0.15, 0.2) is 58.4 Å². The van der Waals surface area contributed by atoms with Gasteiger partial charge in [0.2, 0.25) is 0 Å². The van der Waals surface area contributed by atoms with Crippen LogP contribution in [-0.2, 0) is 16.0 Å². The number of amidine groups is 1. The smallest absolute Gasteiger partial charge is 0.337 e. The second-order valence-corrected chi connectivity index (χ2v) is 7.40. The van der Waals surface area contributed by atoms with Crippen LogP contribution in [0.5, 0.6) is 0 Å². The highest BCUT2D eigenvalue weighted by Crippen LogP contribution is 2.28. The highest BCUT2D eigenvalue weighted by atomic mass is 32.2. The van der Waals surface area contributed by atoms with Gasteiger partial charge in [0.25, 0.3) is 5.91 Å². The van der Waals surface area contributed by atoms with Crippen LogP contribution in [0.2, 0.25) is 0 Å². The standard InChI is InChI=1S/C22H22N2O3S/c1-3-4-5-15-8-12-18(13-9-15)23-22-24-20(25)19(28-22)14-16-6-10-17(11-7-16)21(26)27-2/h6-14H,3-5H2,1-2H3,(H,23,24,25). The van der Waals surface area contributed by atoms with Crippen LogP contribution in [0.1, 0.15) is 41.3 Å². The number of hydrogen-bond donors (Lipinski definition) is 1. The molecule has 0 aromatic heterocycles. The van der Waals surface area contributed by atoms with Crippen molar-refractivity contribution < 1.29 is 14.3 Å². The van der Waals surface area contributed by atoms with E-state index in [1.54, 1.807) is 30.3 Å². The second kappa shape index (κ2) is 9.37. The Morgan fingerprint density at radius 2 is 1.86 bits per heavy atom. The molecule has 0 unspecified atom stereocenters. The van der Waals surface area contributed by atoms with Gasteiger partial charge >= 0.3 is 5.97 Å². The lowest BCUT2D eigenvalue weighted by atomic mass is 10.1. The lowest BCUT2D eigenvalue weighted by Crippen LogP contribution is -2.19. The molecule has 144 valence electrons. The van der Waals surface area contributed by atoms with Crippen LogP contribution in [0.3, 0.4) is 0 Å². The largest absolute Gasteiger partial charge is 0.465 e. The first-order valence-corrected chi connectivity index (χ1v) is 9.97. The summed E-state index contributed by atoms with van der Waals surface area (Å²) in [5.74, 6) is -0.567. The molecule has 3 rings (SSSR count). The molecule has 28 heavy (non-hydrogen) atoms. The summed E-state index contributed by atoms with van der Waals surface area (Å²) >= 11 is 1.30. The van der Waals surface area contributed by atoms with Gasteiger partial charge in [-0.1, -0.05) is 37.6 Å². The zero-order valence-corrected chi connectivity index (χ0v) is 16.7. The number of nitrogens with one attached hydrogen (secondary N) is 1. The van der Waals surface area contributed by atoms with E-state index >= 15 is 0 Å². The number of methoxy groups -OCH3 is 1. The Labute approximate surface area is 168 Å². The SMILES string of the molecule is CCCCc1ccc(N=C2NC(=O)C(=Cc3ccc(C(=O)OC)cc3)S2)cc1. The molecule has 0 bridgehead atoms. The second-order valence-electron chi connectivity index (χ2n) is 6.37. The Hall–Kier alpha value is -2.86. The van der Waals surface area contributed by atoms with Gasteiger partial charge in [0.15, 0.2) is 5.17 Å². The Bertz CT molecular complexity index is 916. The van der Waals surface area contributed by atoms with Gasteiger partial charge in [0, 0.05) is 0 Å². The fourth-order valence-electron chi connectivity index (χ4n) is 2.70. The van der Waals surface area contributed by atoms with Crippen molar-refractivity contribution >= 4 is 40.6 Å². The number of amides is 1. The van der Waals surface area contributed by atoms with Crippen molar-refractivity contribution in [3.05, 3.63) is 70.1 Å². The highest BCUT2D eigenvalue weighted by molar-refractivity contribution is 8.18. The normalized spacial score (nSPS) is 16.4. The molecule has 5 nitrogen and oxygen atoms in total. The maximum Gasteiger partial charge on any atom is 0.337 e. The number of hydrogen-bond acceptors (Lipinski definition) is 5. The van der Waals surface area contributed by atoms with Gasteiger partial charge in [0.05, 0.1) is 23.3 Å². The summed E-state index contributed by atoms with van der Waals surface area (Å²) in [5, 5.41) is 3.35. The number of carbonyl (C=O) groups is 2. The van der Waals surface area contributed by atoms with Crippen LogP contribution in [0.25, 0.3) is 6.08 Å². The topological polar surface area (TPSA) is 67.8 Å². The number of carbonyl (C=O) groups excluding carboxylic acids is 2. The maximum atomic E-state index is 12.2. The van der Waals surface area contributed by atoms with Crippen molar-refractivity contribution in [2.45, 2.75) is 26.2 Å². The number of unbranched alkanes of at least 4 members (excludes halogenated alkanes) is 1. The Kier molecular flexibility index (Phi) is 6.66. The highest BCUT2D eigenvalue weighted by Gasteiger charge is 2.23. The Morgan fingerprint density at radius 3 is 2.50 bits per heavy atom. The van der Waals surface area contributed by atoms with E-state index in [-0.39, 0.29) is 11.9 Å². The molecule has 0 atom stereocenters. The molecule has 6 heteroatoms. The average Bonchev–Trinajstić information content (AvgIpc) is 3.06. The number of rotatable bonds is 6. The molecule has 2 aromatic carbocycles. The molecule has 1 heterocycles. The van der Waals surface area contributed by atoms with Crippen LogP contribution in [0, 0.1) is 0 Å². The third-order valence-corrected chi connectivity index (χ3v) is 5.18. The first kappa shape index (κ1) is 19.9. The summed E-state index contributed by atoms with van der Waals surface area (Å²) < 4.78 is 4.69. The summed E-state index contributed by atoms with van der Waals surface area (Å²) in [6, 6.07) is 15.0. The molecule has 2 aromatic rings. The monoisotopic (exact) mass is 394 g/mol. The summed E-state index contributed by atoms with van der Waals surface area (Å²) in [6.07, 6.45) is 5.19. The fourth-order valence-corrected chi connectivity index (χ4v) is 3.54. The quantitative estimate of drug-likeness (QED) is 0.569. The van der Waals surface area contributed by atoms with E-state index in [2.05, 4.69) is 34.1 Å². The third-order valence-electron chi connectivity index (χ3n) is 4.27. The average molecular weight is 394 g/mol. The molecule has 0 saturated carbocycles. The molecule has 1 saturated heterocycles. The molecule has 0 spiro atoms. The van der Waals surface area contributed by atoms with Gasteiger partial charge in [-0.25, -0.2) is 9.79 Å². The third kappa shape index (κ3) is 5.10. The number of esters is 1. The van der Waals surface area contributed by atoms with Crippen LogP contribution < -0.4 is 5.32 Å². The summed E-state index contributed by atoms with van der Waals surface area (Å²) in [6.45, 7) is 2.18. The van der Waals surface area contributed by atoms with Gasteiger partial charge in [0.1, 0.15) is 0 Å². The van der Waals surface area contributed by atoms with Gasteiger partial charge in [-0.15, -0.1) is 0 Å². The van der Waals surface area contributed by atoms with Crippen LogP contribution in [0.4, 0.5) is 5.69 Å². The Morgan fingerprint density at radius 1 is 1.14 bits per heavy atom. The summed E-state index contributed by atoms with van der Waals surface area (Å²) in [4.78, 5) is 28.8. The van der Waals surface area contributed by atoms with Crippen molar-refractivity contribution in [2.24, 2.45) is 4.99 Å². The molecular formula is C22H22N2O3S. The van der Waals surface area contributed by atoms with E-state index in [0.29, 0.717) is 15.6 Å². The lowest BCUT2D eigenvalue weighted by molar-refractivity contribution is -0.115. The zero-order valence-electron chi connectivity index (χ0n) is 15.9. The van der Waals surface area contributed by atoms with E-state index in [1.807, 2.05) is 12.1 Å². The molecule has 1 aliphatic heterocycles. The predicted molar refractivity (Wildman–Crippen MR) is 114 cm³/mol. The van der Waals surface area contributed by atoms with Gasteiger partial charge in [-0.2, -0.15) is 0 Å². The van der Waals surface area contributed by atoms with Gasteiger partial charge < -0.3 is 10.1 Å². The van der Waals surface area contributed by atoms with Gasteiger partial charge in [-0.3, -0.25) is 4.79 Å². The molecule has 1 N–H and O–H groups in total. The zero-order chi connectivity index (χ0) is 19.9. The first-order valence-electron chi connectivity index (χ1n) is 9.16. The number of ether oxygens (including phenoxy) is 1. The van der Waals surface area contributed by atoms with E-state index in [1.165, 1.54) is 37.3 Å². The number of aryl methyl sites for hydroxylation is 1. The molecule has 1 amide bonds. The minimum Gasteiger partial charge on any atom is -0.465 e. The van der Waals surface area contributed by atoms with E-state index in [9.17, 15) is 9.59 Å². The molecule has 0 radical (unpaired) electrons. The number of benzene rings is 2. The lowest BCUT2D eigenvalue weighted by Gasteiger charge is -2.01. The van der Waals surface area contributed by atoms with E-state index < -0.39 is 0 Å². The molecule has 1 aliphatic rings. The predicted octanol–water partition coefficient (Wildman–Crippen LogP) is 4.71. The summed E-state index contributed by atoms with van der Waals surface area (Å²) in [5.41, 5.74) is 3.40. The van der Waals surface area contributed by atoms with Crippen molar-refractivity contribution in [2.75, 3.05) is 7.11 Å². The van der Waals surface area contributed by atoms with Crippen LogP contribution >= 0.6 is 11.8 Å².